The number of benzene rings is 2. The van der Waals surface area contributed by atoms with Gasteiger partial charge in [-0.1, -0.05) is 15.9 Å². The monoisotopic (exact) mass is 372 g/mol. The lowest BCUT2D eigenvalue weighted by Crippen LogP contribution is -2.22. The van der Waals surface area contributed by atoms with Crippen molar-refractivity contribution < 1.29 is 18.0 Å². The summed E-state index contributed by atoms with van der Waals surface area (Å²) in [4.78, 5) is 11.8. The molecular formula is C15H12BrF3N2O. The maximum absolute atomic E-state index is 13.4. The summed E-state index contributed by atoms with van der Waals surface area (Å²) in [6, 6.07) is 7.14. The quantitative estimate of drug-likeness (QED) is 0.788. The highest BCUT2D eigenvalue weighted by atomic mass is 79.9. The van der Waals surface area contributed by atoms with E-state index in [1.807, 2.05) is 13.0 Å². The van der Waals surface area contributed by atoms with Crippen LogP contribution in [0.25, 0.3) is 0 Å². The Morgan fingerprint density at radius 1 is 1.09 bits per heavy atom. The summed E-state index contributed by atoms with van der Waals surface area (Å²) in [5.41, 5.74) is 1.18. The zero-order valence-corrected chi connectivity index (χ0v) is 13.1. The summed E-state index contributed by atoms with van der Waals surface area (Å²) in [5.74, 6) is -4.64. The zero-order chi connectivity index (χ0) is 16.3. The van der Waals surface area contributed by atoms with E-state index in [1.54, 1.807) is 12.1 Å². The first-order valence-electron chi connectivity index (χ1n) is 6.32. The third-order valence-corrected chi connectivity index (χ3v) is 3.43. The lowest BCUT2D eigenvalue weighted by molar-refractivity contribution is -0.114. The summed E-state index contributed by atoms with van der Waals surface area (Å²) < 4.78 is 40.2. The molecule has 7 heteroatoms. The first-order chi connectivity index (χ1) is 10.4. The van der Waals surface area contributed by atoms with Crippen LogP contribution >= 0.6 is 15.9 Å². The number of hydrogen-bond acceptors (Lipinski definition) is 2. The molecule has 0 fully saturated rings. The second kappa shape index (κ2) is 6.83. The van der Waals surface area contributed by atoms with Crippen LogP contribution in [0.4, 0.5) is 24.5 Å². The molecule has 1 amide bonds. The van der Waals surface area contributed by atoms with Crippen LogP contribution in [0, 0.1) is 24.4 Å². The Bertz CT molecular complexity index is 722. The van der Waals surface area contributed by atoms with Gasteiger partial charge in [0, 0.05) is 10.2 Å². The Morgan fingerprint density at radius 2 is 1.77 bits per heavy atom. The van der Waals surface area contributed by atoms with Crippen molar-refractivity contribution in [3.05, 3.63) is 57.8 Å². The lowest BCUT2D eigenvalue weighted by atomic mass is 10.2. The van der Waals surface area contributed by atoms with Gasteiger partial charge < -0.3 is 10.6 Å². The average molecular weight is 373 g/mol. The highest BCUT2D eigenvalue weighted by Crippen LogP contribution is 2.21. The van der Waals surface area contributed by atoms with E-state index in [4.69, 9.17) is 0 Å². The van der Waals surface area contributed by atoms with E-state index >= 15 is 0 Å². The standard InChI is InChI=1S/C15H12BrF3N2O/c1-8-6-9(16)2-4-11(8)21-13(22)7-20-12-5-3-10(17)14(18)15(12)19/h2-6,20H,7H2,1H3,(H,21,22). The molecule has 0 aliphatic carbocycles. The number of nitrogens with one attached hydrogen (secondary N) is 2. The van der Waals surface area contributed by atoms with Gasteiger partial charge in [0.2, 0.25) is 5.91 Å². The smallest absolute Gasteiger partial charge is 0.243 e. The molecule has 3 nitrogen and oxygen atoms in total. The topological polar surface area (TPSA) is 41.1 Å². The van der Waals surface area contributed by atoms with Crippen LogP contribution < -0.4 is 10.6 Å². The molecule has 0 radical (unpaired) electrons. The zero-order valence-electron chi connectivity index (χ0n) is 11.5. The minimum atomic E-state index is -1.57. The Morgan fingerprint density at radius 3 is 2.45 bits per heavy atom. The lowest BCUT2D eigenvalue weighted by Gasteiger charge is -2.11. The van der Waals surface area contributed by atoms with Gasteiger partial charge in [-0.2, -0.15) is 0 Å². The van der Waals surface area contributed by atoms with E-state index in [-0.39, 0.29) is 12.2 Å². The van der Waals surface area contributed by atoms with Crippen molar-refractivity contribution in [3.8, 4) is 0 Å². The Balaban J connectivity index is 2.00. The van der Waals surface area contributed by atoms with Gasteiger partial charge in [-0.05, 0) is 42.8 Å². The fraction of sp³-hybridized carbons (Fsp3) is 0.133. The predicted octanol–water partition coefficient (Wildman–Crippen LogP) is 4.23. The SMILES string of the molecule is Cc1cc(Br)ccc1NC(=O)CNc1ccc(F)c(F)c1F. The maximum atomic E-state index is 13.4. The highest BCUT2D eigenvalue weighted by molar-refractivity contribution is 9.10. The van der Waals surface area contributed by atoms with E-state index in [0.29, 0.717) is 5.69 Å². The molecule has 0 unspecified atom stereocenters. The van der Waals surface area contributed by atoms with Gasteiger partial charge in [0.05, 0.1) is 12.2 Å². The largest absolute Gasteiger partial charge is 0.374 e. The van der Waals surface area contributed by atoms with Crippen LogP contribution in [0.1, 0.15) is 5.56 Å². The van der Waals surface area contributed by atoms with Crippen LogP contribution in [-0.4, -0.2) is 12.5 Å². The fourth-order valence-electron chi connectivity index (χ4n) is 1.80. The van der Waals surface area contributed by atoms with Crippen molar-refractivity contribution in [2.24, 2.45) is 0 Å². The molecular weight excluding hydrogens is 361 g/mol. The van der Waals surface area contributed by atoms with Gasteiger partial charge in [0.15, 0.2) is 17.5 Å². The number of halogens is 4. The number of rotatable bonds is 4. The van der Waals surface area contributed by atoms with Crippen LogP contribution in [0.2, 0.25) is 0 Å². The summed E-state index contributed by atoms with van der Waals surface area (Å²) in [5, 5.41) is 5.07. The normalized spacial score (nSPS) is 10.4. The van der Waals surface area contributed by atoms with Crippen molar-refractivity contribution >= 4 is 33.2 Å². The van der Waals surface area contributed by atoms with Crippen LogP contribution in [-0.2, 0) is 4.79 Å². The first-order valence-corrected chi connectivity index (χ1v) is 7.11. The highest BCUT2D eigenvalue weighted by Gasteiger charge is 2.14. The molecule has 2 N–H and O–H groups in total. The summed E-state index contributed by atoms with van der Waals surface area (Å²) >= 11 is 3.31. The molecule has 22 heavy (non-hydrogen) atoms. The molecule has 0 aromatic heterocycles. The number of hydrogen-bond donors (Lipinski definition) is 2. The Labute approximate surface area is 133 Å². The van der Waals surface area contributed by atoms with Crippen molar-refractivity contribution in [1.82, 2.24) is 0 Å². The molecule has 0 saturated carbocycles. The maximum Gasteiger partial charge on any atom is 0.243 e. The van der Waals surface area contributed by atoms with Gasteiger partial charge in [-0.3, -0.25) is 4.79 Å². The third-order valence-electron chi connectivity index (χ3n) is 2.94. The van der Waals surface area contributed by atoms with Crippen LogP contribution in [0.15, 0.2) is 34.8 Å². The van der Waals surface area contributed by atoms with Crippen molar-refractivity contribution in [3.63, 3.8) is 0 Å². The number of anilines is 2. The van der Waals surface area contributed by atoms with E-state index in [0.717, 1.165) is 22.2 Å². The second-order valence-electron chi connectivity index (χ2n) is 4.58. The molecule has 0 atom stereocenters. The molecule has 0 aliphatic rings. The number of carbonyl (C=O) groups excluding carboxylic acids is 1. The van der Waals surface area contributed by atoms with Gasteiger partial charge in [-0.25, -0.2) is 13.2 Å². The molecule has 2 aromatic carbocycles. The van der Waals surface area contributed by atoms with Gasteiger partial charge in [0.1, 0.15) is 0 Å². The summed E-state index contributed by atoms with van der Waals surface area (Å²) in [7, 11) is 0. The molecule has 116 valence electrons. The Hall–Kier alpha value is -2.02. The van der Waals surface area contributed by atoms with Crippen LogP contribution in [0.3, 0.4) is 0 Å². The van der Waals surface area contributed by atoms with Crippen molar-refractivity contribution in [1.29, 1.82) is 0 Å². The predicted molar refractivity (Wildman–Crippen MR) is 82.3 cm³/mol. The first kappa shape index (κ1) is 16.4. The van der Waals surface area contributed by atoms with E-state index < -0.39 is 23.4 Å². The molecule has 0 heterocycles. The average Bonchev–Trinajstić information content (AvgIpc) is 2.47. The van der Waals surface area contributed by atoms with E-state index in [9.17, 15) is 18.0 Å². The number of amides is 1. The van der Waals surface area contributed by atoms with Gasteiger partial charge in [0.25, 0.3) is 0 Å². The summed E-state index contributed by atoms with van der Waals surface area (Å²) in [6.45, 7) is 1.54. The summed E-state index contributed by atoms with van der Waals surface area (Å²) in [6.07, 6.45) is 0. The molecule has 0 aliphatic heterocycles. The van der Waals surface area contributed by atoms with E-state index in [2.05, 4.69) is 26.6 Å². The second-order valence-corrected chi connectivity index (χ2v) is 5.50. The minimum absolute atomic E-state index is 0.276. The molecule has 0 bridgehead atoms. The van der Waals surface area contributed by atoms with Crippen LogP contribution in [0.5, 0.6) is 0 Å². The van der Waals surface area contributed by atoms with Gasteiger partial charge >= 0.3 is 0 Å². The molecule has 0 spiro atoms. The fourth-order valence-corrected chi connectivity index (χ4v) is 2.28. The molecule has 2 aromatic rings. The molecule has 0 saturated heterocycles. The van der Waals surface area contributed by atoms with Crippen molar-refractivity contribution in [2.45, 2.75) is 6.92 Å². The van der Waals surface area contributed by atoms with Crippen molar-refractivity contribution in [2.75, 3.05) is 17.2 Å². The minimum Gasteiger partial charge on any atom is -0.374 e. The molecule has 2 rings (SSSR count). The van der Waals surface area contributed by atoms with E-state index in [1.165, 1.54) is 0 Å². The number of aryl methyl sites for hydroxylation is 1. The number of carbonyl (C=O) groups is 1. The van der Waals surface area contributed by atoms with Gasteiger partial charge in [-0.15, -0.1) is 0 Å². The Kier molecular flexibility index (Phi) is 5.07. The third kappa shape index (κ3) is 3.79.